The largest absolute Gasteiger partial charge is 0.482 e. The fraction of sp³-hybridized carbons (Fsp3) is 0.412. The van der Waals surface area contributed by atoms with Crippen molar-refractivity contribution in [3.63, 3.8) is 0 Å². The van der Waals surface area contributed by atoms with Crippen LogP contribution in [0.15, 0.2) is 30.4 Å². The Labute approximate surface area is 141 Å². The Morgan fingerprint density at radius 1 is 1.30 bits per heavy atom. The summed E-state index contributed by atoms with van der Waals surface area (Å²) in [4.78, 5) is 25.1. The molecule has 1 aromatic carbocycles. The monoisotopic (exact) mass is 339 g/mol. The summed E-state index contributed by atoms with van der Waals surface area (Å²) in [5.41, 5.74) is 1.72. The first-order chi connectivity index (χ1) is 10.8. The minimum atomic E-state index is -0.600. The Morgan fingerprint density at radius 2 is 2.00 bits per heavy atom. The molecule has 23 heavy (non-hydrogen) atoms. The van der Waals surface area contributed by atoms with E-state index in [0.29, 0.717) is 23.9 Å². The fourth-order valence-corrected chi connectivity index (χ4v) is 1.94. The quantitative estimate of drug-likeness (QED) is 0.539. The number of nitrogens with zero attached hydrogens (tertiary/aromatic N) is 1. The standard InChI is InChI=1S/C17H22ClNO4/c1-5-19(9-12(2)3)16(20)10-23-17(21)11-22-14-6-7-15(18)13(4)8-14/h6-8H,2,5,9-11H2,1,3-4H3. The highest BCUT2D eigenvalue weighted by atomic mass is 35.5. The molecule has 1 amide bonds. The van der Waals surface area contributed by atoms with Gasteiger partial charge in [-0.25, -0.2) is 4.79 Å². The maximum Gasteiger partial charge on any atom is 0.344 e. The molecule has 0 unspecified atom stereocenters. The van der Waals surface area contributed by atoms with Crippen molar-refractivity contribution in [3.05, 3.63) is 40.9 Å². The van der Waals surface area contributed by atoms with Crippen LogP contribution < -0.4 is 4.74 Å². The van der Waals surface area contributed by atoms with Gasteiger partial charge in [0.2, 0.25) is 0 Å². The molecule has 0 aliphatic carbocycles. The number of ether oxygens (including phenoxy) is 2. The van der Waals surface area contributed by atoms with E-state index in [1.807, 2.05) is 20.8 Å². The Kier molecular flexibility index (Phi) is 7.62. The van der Waals surface area contributed by atoms with Crippen LogP contribution in [-0.2, 0) is 14.3 Å². The van der Waals surface area contributed by atoms with E-state index in [-0.39, 0.29) is 19.1 Å². The smallest absolute Gasteiger partial charge is 0.344 e. The van der Waals surface area contributed by atoms with E-state index in [9.17, 15) is 9.59 Å². The van der Waals surface area contributed by atoms with Crippen LogP contribution in [0.1, 0.15) is 19.4 Å². The van der Waals surface area contributed by atoms with Crippen LogP contribution in [-0.4, -0.2) is 43.1 Å². The lowest BCUT2D eigenvalue weighted by molar-refractivity contribution is -0.153. The van der Waals surface area contributed by atoms with Crippen molar-refractivity contribution < 1.29 is 19.1 Å². The maximum absolute atomic E-state index is 11.9. The van der Waals surface area contributed by atoms with Crippen LogP contribution in [0.2, 0.25) is 5.02 Å². The number of esters is 1. The van der Waals surface area contributed by atoms with Gasteiger partial charge < -0.3 is 14.4 Å². The van der Waals surface area contributed by atoms with E-state index < -0.39 is 5.97 Å². The van der Waals surface area contributed by atoms with Gasteiger partial charge in [-0.3, -0.25) is 4.79 Å². The maximum atomic E-state index is 11.9. The van der Waals surface area contributed by atoms with Crippen LogP contribution in [0.3, 0.4) is 0 Å². The summed E-state index contributed by atoms with van der Waals surface area (Å²) >= 11 is 5.91. The molecule has 0 heterocycles. The summed E-state index contributed by atoms with van der Waals surface area (Å²) in [7, 11) is 0. The third kappa shape index (κ3) is 6.74. The molecule has 0 saturated heterocycles. The van der Waals surface area contributed by atoms with Crippen LogP contribution in [0.4, 0.5) is 0 Å². The van der Waals surface area contributed by atoms with E-state index in [2.05, 4.69) is 6.58 Å². The van der Waals surface area contributed by atoms with Crippen molar-refractivity contribution in [2.24, 2.45) is 0 Å². The van der Waals surface area contributed by atoms with Gasteiger partial charge in [0.05, 0.1) is 0 Å². The van der Waals surface area contributed by atoms with E-state index in [1.165, 1.54) is 0 Å². The van der Waals surface area contributed by atoms with Gasteiger partial charge in [-0.05, 0) is 44.5 Å². The van der Waals surface area contributed by atoms with Gasteiger partial charge in [-0.15, -0.1) is 0 Å². The molecule has 1 rings (SSSR count). The lowest BCUT2D eigenvalue weighted by atomic mass is 10.2. The predicted octanol–water partition coefficient (Wildman–Crippen LogP) is 3.00. The zero-order chi connectivity index (χ0) is 17.4. The molecule has 0 aromatic heterocycles. The molecule has 1 aromatic rings. The molecule has 0 bridgehead atoms. The summed E-state index contributed by atoms with van der Waals surface area (Å²) in [6.07, 6.45) is 0. The molecule has 0 fully saturated rings. The number of rotatable bonds is 8. The molecular formula is C17H22ClNO4. The van der Waals surface area contributed by atoms with Gasteiger partial charge in [0.1, 0.15) is 5.75 Å². The molecule has 0 spiro atoms. The fourth-order valence-electron chi connectivity index (χ4n) is 1.83. The Morgan fingerprint density at radius 3 is 2.57 bits per heavy atom. The molecule has 0 aliphatic rings. The summed E-state index contributed by atoms with van der Waals surface area (Å²) in [5, 5.41) is 0.627. The topological polar surface area (TPSA) is 55.8 Å². The Balaban J connectivity index is 2.40. The first-order valence-corrected chi connectivity index (χ1v) is 7.68. The molecule has 0 aliphatic heterocycles. The van der Waals surface area contributed by atoms with Crippen molar-refractivity contribution in [1.29, 1.82) is 0 Å². The second-order valence-electron chi connectivity index (χ2n) is 5.23. The molecule has 0 N–H and O–H groups in total. The lowest BCUT2D eigenvalue weighted by Gasteiger charge is -2.20. The van der Waals surface area contributed by atoms with Gasteiger partial charge in [-0.1, -0.05) is 23.8 Å². The van der Waals surface area contributed by atoms with E-state index in [4.69, 9.17) is 21.1 Å². The third-order valence-electron chi connectivity index (χ3n) is 3.04. The molecule has 0 radical (unpaired) electrons. The molecule has 0 atom stereocenters. The summed E-state index contributed by atoms with van der Waals surface area (Å²) in [5.74, 6) is -0.337. The van der Waals surface area contributed by atoms with E-state index in [1.54, 1.807) is 23.1 Å². The average Bonchev–Trinajstić information content (AvgIpc) is 2.51. The summed E-state index contributed by atoms with van der Waals surface area (Å²) < 4.78 is 10.2. The van der Waals surface area contributed by atoms with Crippen LogP contribution in [0.5, 0.6) is 5.75 Å². The SMILES string of the molecule is C=C(C)CN(CC)C(=O)COC(=O)COc1ccc(Cl)c(C)c1. The highest BCUT2D eigenvalue weighted by Gasteiger charge is 2.14. The van der Waals surface area contributed by atoms with Crippen molar-refractivity contribution in [2.45, 2.75) is 20.8 Å². The van der Waals surface area contributed by atoms with Crippen molar-refractivity contribution in [1.82, 2.24) is 4.90 Å². The molecule has 126 valence electrons. The van der Waals surface area contributed by atoms with Crippen molar-refractivity contribution in [2.75, 3.05) is 26.3 Å². The average molecular weight is 340 g/mol. The normalized spacial score (nSPS) is 10.1. The van der Waals surface area contributed by atoms with E-state index in [0.717, 1.165) is 11.1 Å². The van der Waals surface area contributed by atoms with Crippen molar-refractivity contribution in [3.8, 4) is 5.75 Å². The van der Waals surface area contributed by atoms with Gasteiger partial charge in [0.25, 0.3) is 5.91 Å². The molecule has 6 heteroatoms. The zero-order valence-electron chi connectivity index (χ0n) is 13.7. The van der Waals surface area contributed by atoms with Crippen molar-refractivity contribution >= 4 is 23.5 Å². The van der Waals surface area contributed by atoms with Crippen LogP contribution in [0, 0.1) is 6.92 Å². The number of hydrogen-bond donors (Lipinski definition) is 0. The predicted molar refractivity (Wildman–Crippen MR) is 89.7 cm³/mol. The number of likely N-dealkylation sites (N-methyl/N-ethyl adjacent to an activating group) is 1. The lowest BCUT2D eigenvalue weighted by Crippen LogP contribution is -2.36. The van der Waals surface area contributed by atoms with Crippen LogP contribution >= 0.6 is 11.6 Å². The first kappa shape index (κ1) is 19.0. The number of hydrogen-bond acceptors (Lipinski definition) is 4. The molecule has 0 saturated carbocycles. The highest BCUT2D eigenvalue weighted by Crippen LogP contribution is 2.20. The van der Waals surface area contributed by atoms with E-state index >= 15 is 0 Å². The molecule has 5 nitrogen and oxygen atoms in total. The minimum Gasteiger partial charge on any atom is -0.482 e. The number of carbonyl (C=O) groups is 2. The number of aryl methyl sites for hydroxylation is 1. The van der Waals surface area contributed by atoms with Crippen LogP contribution in [0.25, 0.3) is 0 Å². The van der Waals surface area contributed by atoms with Gasteiger partial charge in [0.15, 0.2) is 13.2 Å². The summed E-state index contributed by atoms with van der Waals surface area (Å²) in [6.45, 7) is 9.72. The second-order valence-corrected chi connectivity index (χ2v) is 5.63. The van der Waals surface area contributed by atoms with Gasteiger partial charge in [-0.2, -0.15) is 0 Å². The number of amides is 1. The number of halogens is 1. The molecular weight excluding hydrogens is 318 g/mol. The summed E-state index contributed by atoms with van der Waals surface area (Å²) in [6, 6.07) is 5.09. The van der Waals surface area contributed by atoms with Gasteiger partial charge >= 0.3 is 5.97 Å². The number of carbonyl (C=O) groups excluding carboxylic acids is 2. The van der Waals surface area contributed by atoms with Gasteiger partial charge in [0, 0.05) is 18.1 Å². The Hall–Kier alpha value is -2.01. The zero-order valence-corrected chi connectivity index (χ0v) is 14.5. The highest BCUT2D eigenvalue weighted by molar-refractivity contribution is 6.31. The first-order valence-electron chi connectivity index (χ1n) is 7.30. The Bertz CT molecular complexity index is 586. The number of benzene rings is 1. The third-order valence-corrected chi connectivity index (χ3v) is 3.46. The second kappa shape index (κ2) is 9.20. The minimum absolute atomic E-state index is 0.258.